The molecule has 186 valence electrons. The van der Waals surface area contributed by atoms with Gasteiger partial charge >= 0.3 is 0 Å². The van der Waals surface area contributed by atoms with Gasteiger partial charge in [0.2, 0.25) is 0 Å². The summed E-state index contributed by atoms with van der Waals surface area (Å²) in [5.74, 6) is 0.419. The van der Waals surface area contributed by atoms with Crippen LogP contribution in [0.2, 0.25) is 0 Å². The van der Waals surface area contributed by atoms with Gasteiger partial charge in [0.25, 0.3) is 11.7 Å². The van der Waals surface area contributed by atoms with Gasteiger partial charge in [0, 0.05) is 11.3 Å². The molecule has 0 radical (unpaired) electrons. The fourth-order valence-corrected chi connectivity index (χ4v) is 4.20. The van der Waals surface area contributed by atoms with Crippen LogP contribution in [0.4, 0.5) is 5.69 Å². The Hall–Kier alpha value is -4.78. The summed E-state index contributed by atoms with van der Waals surface area (Å²) < 4.78 is 17.1. The topological polar surface area (TPSA) is 89.2 Å². The van der Waals surface area contributed by atoms with Crippen molar-refractivity contribution in [3.63, 3.8) is 0 Å². The fourth-order valence-electron chi connectivity index (χ4n) is 4.20. The van der Waals surface area contributed by atoms with Gasteiger partial charge in [0.1, 0.15) is 34.8 Å². The first-order chi connectivity index (χ1) is 18.1. The highest BCUT2D eigenvalue weighted by Crippen LogP contribution is 2.42. The van der Waals surface area contributed by atoms with Gasteiger partial charge in [-0.15, -0.1) is 0 Å². The Morgan fingerprint density at radius 2 is 1.54 bits per heavy atom. The normalized spacial score (nSPS) is 16.7. The lowest BCUT2D eigenvalue weighted by Crippen LogP contribution is -2.29. The van der Waals surface area contributed by atoms with Crippen molar-refractivity contribution in [3.8, 4) is 17.2 Å². The number of ether oxygens (including phenoxy) is 2. The molecule has 1 unspecified atom stereocenters. The molecule has 0 spiro atoms. The summed E-state index contributed by atoms with van der Waals surface area (Å²) in [6, 6.07) is 25.3. The molecular formula is C30H25NO6. The number of amides is 1. The van der Waals surface area contributed by atoms with Crippen LogP contribution in [0, 0.1) is 0 Å². The van der Waals surface area contributed by atoms with Crippen LogP contribution >= 0.6 is 0 Å². The number of nitrogens with zero attached hydrogens (tertiary/aromatic N) is 1. The summed E-state index contributed by atoms with van der Waals surface area (Å²) >= 11 is 0. The van der Waals surface area contributed by atoms with Crippen LogP contribution < -0.4 is 14.4 Å². The largest absolute Gasteiger partial charge is 0.507 e. The van der Waals surface area contributed by atoms with Crippen molar-refractivity contribution in [1.82, 2.24) is 0 Å². The van der Waals surface area contributed by atoms with E-state index in [0.29, 0.717) is 40.9 Å². The van der Waals surface area contributed by atoms with Crippen molar-refractivity contribution < 1.29 is 28.6 Å². The van der Waals surface area contributed by atoms with Gasteiger partial charge in [-0.05, 0) is 79.2 Å². The summed E-state index contributed by atoms with van der Waals surface area (Å²) in [5.41, 5.74) is 0.808. The smallest absolute Gasteiger partial charge is 0.300 e. The Labute approximate surface area is 214 Å². The summed E-state index contributed by atoms with van der Waals surface area (Å²) in [6.45, 7) is 2.59. The van der Waals surface area contributed by atoms with E-state index in [2.05, 4.69) is 0 Å². The quantitative estimate of drug-likeness (QED) is 0.171. The predicted octanol–water partition coefficient (Wildman–Crippen LogP) is 6.49. The Bertz CT molecular complexity index is 1410. The molecule has 1 atom stereocenters. The molecule has 37 heavy (non-hydrogen) atoms. The van der Waals surface area contributed by atoms with Gasteiger partial charge in [-0.25, -0.2) is 0 Å². The zero-order chi connectivity index (χ0) is 25.8. The molecule has 1 fully saturated rings. The van der Waals surface area contributed by atoms with E-state index in [0.717, 1.165) is 6.42 Å². The van der Waals surface area contributed by atoms with Crippen molar-refractivity contribution in [2.45, 2.75) is 19.4 Å². The van der Waals surface area contributed by atoms with E-state index in [1.807, 2.05) is 37.3 Å². The SMILES string of the molecule is CCCOc1ccc(/C(O)=C2/C(=O)C(=O)N(c3ccc(Oc4ccccc4)cc3)C2c2ccco2)cc1. The number of furan rings is 1. The van der Waals surface area contributed by atoms with Crippen molar-refractivity contribution in [2.75, 3.05) is 11.5 Å². The molecule has 4 aromatic rings. The number of carbonyl (C=O) groups is 2. The highest BCUT2D eigenvalue weighted by molar-refractivity contribution is 6.51. The van der Waals surface area contributed by atoms with Crippen LogP contribution in [-0.4, -0.2) is 23.4 Å². The third kappa shape index (κ3) is 4.84. The first-order valence-electron chi connectivity index (χ1n) is 12.0. The molecule has 2 heterocycles. The van der Waals surface area contributed by atoms with Gasteiger partial charge in [-0.1, -0.05) is 25.1 Å². The summed E-state index contributed by atoms with van der Waals surface area (Å²) in [4.78, 5) is 27.8. The number of rotatable bonds is 8. The maximum absolute atomic E-state index is 13.2. The number of hydrogen-bond donors (Lipinski definition) is 1. The molecule has 1 aliphatic rings. The van der Waals surface area contributed by atoms with E-state index < -0.39 is 17.7 Å². The van der Waals surface area contributed by atoms with Gasteiger partial charge in [-0.2, -0.15) is 0 Å². The van der Waals surface area contributed by atoms with E-state index in [-0.39, 0.29) is 11.3 Å². The van der Waals surface area contributed by atoms with E-state index >= 15 is 0 Å². The Morgan fingerprint density at radius 1 is 0.865 bits per heavy atom. The number of para-hydroxylation sites is 1. The summed E-state index contributed by atoms with van der Waals surface area (Å²) in [5, 5.41) is 11.2. The Kier molecular flexibility index (Phi) is 6.76. The van der Waals surface area contributed by atoms with Crippen LogP contribution in [0.15, 0.2) is 107 Å². The Balaban J connectivity index is 1.50. The molecule has 3 aromatic carbocycles. The molecule has 7 heteroatoms. The molecule has 1 aromatic heterocycles. The van der Waals surface area contributed by atoms with Crippen LogP contribution in [0.3, 0.4) is 0 Å². The predicted molar refractivity (Wildman–Crippen MR) is 139 cm³/mol. The number of anilines is 1. The second-order valence-corrected chi connectivity index (χ2v) is 8.47. The molecule has 0 bridgehead atoms. The van der Waals surface area contributed by atoms with E-state index in [1.165, 1.54) is 11.2 Å². The van der Waals surface area contributed by atoms with E-state index in [9.17, 15) is 14.7 Å². The van der Waals surface area contributed by atoms with Crippen molar-refractivity contribution >= 4 is 23.1 Å². The van der Waals surface area contributed by atoms with Crippen LogP contribution in [-0.2, 0) is 9.59 Å². The number of aliphatic hydroxyl groups excluding tert-OH is 1. The molecule has 1 N–H and O–H groups in total. The van der Waals surface area contributed by atoms with Gasteiger partial charge < -0.3 is 19.0 Å². The maximum atomic E-state index is 13.2. The van der Waals surface area contributed by atoms with Gasteiger partial charge in [0.15, 0.2) is 0 Å². The third-order valence-electron chi connectivity index (χ3n) is 5.95. The van der Waals surface area contributed by atoms with Crippen LogP contribution in [0.5, 0.6) is 17.2 Å². The number of ketones is 1. The van der Waals surface area contributed by atoms with Gasteiger partial charge in [0.05, 0.1) is 18.4 Å². The average Bonchev–Trinajstić information content (AvgIpc) is 3.55. The molecule has 0 saturated carbocycles. The molecule has 1 aliphatic heterocycles. The zero-order valence-electron chi connectivity index (χ0n) is 20.2. The monoisotopic (exact) mass is 495 g/mol. The lowest BCUT2D eigenvalue weighted by Gasteiger charge is -2.23. The zero-order valence-corrected chi connectivity index (χ0v) is 20.2. The van der Waals surface area contributed by atoms with Crippen molar-refractivity contribution in [2.24, 2.45) is 0 Å². The van der Waals surface area contributed by atoms with Crippen molar-refractivity contribution in [1.29, 1.82) is 0 Å². The average molecular weight is 496 g/mol. The van der Waals surface area contributed by atoms with E-state index in [1.54, 1.807) is 60.7 Å². The van der Waals surface area contributed by atoms with Crippen LogP contribution in [0.25, 0.3) is 5.76 Å². The Morgan fingerprint density at radius 3 is 2.19 bits per heavy atom. The third-order valence-corrected chi connectivity index (χ3v) is 5.95. The molecule has 0 aliphatic carbocycles. The first-order valence-corrected chi connectivity index (χ1v) is 12.0. The highest BCUT2D eigenvalue weighted by atomic mass is 16.5. The lowest BCUT2D eigenvalue weighted by molar-refractivity contribution is -0.132. The number of Topliss-reactive ketones (excluding diaryl/α,β-unsaturated/α-hetero) is 1. The van der Waals surface area contributed by atoms with Crippen LogP contribution in [0.1, 0.15) is 30.7 Å². The fraction of sp³-hybridized carbons (Fsp3) is 0.133. The molecule has 1 saturated heterocycles. The summed E-state index contributed by atoms with van der Waals surface area (Å²) in [7, 11) is 0. The van der Waals surface area contributed by atoms with E-state index in [4.69, 9.17) is 13.9 Å². The minimum Gasteiger partial charge on any atom is -0.507 e. The number of carbonyl (C=O) groups excluding carboxylic acids is 2. The maximum Gasteiger partial charge on any atom is 0.300 e. The molecular weight excluding hydrogens is 470 g/mol. The molecule has 7 nitrogen and oxygen atoms in total. The number of hydrogen-bond acceptors (Lipinski definition) is 6. The molecule has 1 amide bonds. The molecule has 5 rings (SSSR count). The lowest BCUT2D eigenvalue weighted by atomic mass is 9.99. The first kappa shape index (κ1) is 23.9. The number of benzene rings is 3. The second kappa shape index (κ2) is 10.5. The second-order valence-electron chi connectivity index (χ2n) is 8.47. The minimum absolute atomic E-state index is 0.0493. The van der Waals surface area contributed by atoms with Crippen molar-refractivity contribution in [3.05, 3.63) is 114 Å². The van der Waals surface area contributed by atoms with Gasteiger partial charge in [-0.3, -0.25) is 14.5 Å². The highest BCUT2D eigenvalue weighted by Gasteiger charge is 2.48. The summed E-state index contributed by atoms with van der Waals surface area (Å²) in [6.07, 6.45) is 2.33. The standard InChI is InChI=1S/C30H25NO6/c1-2-18-35-22-14-10-20(11-15-22)28(32)26-27(25-9-6-19-36-25)31(30(34)29(26)33)21-12-16-24(17-13-21)37-23-7-4-3-5-8-23/h3-17,19,27,32H,2,18H2,1H3/b28-26-. The minimum atomic E-state index is -0.938. The number of aliphatic hydroxyl groups is 1.